The van der Waals surface area contributed by atoms with Crippen LogP contribution in [-0.2, 0) is 11.3 Å². The van der Waals surface area contributed by atoms with Gasteiger partial charge in [-0.05, 0) is 23.8 Å². The monoisotopic (exact) mass is 386 g/mol. The molecule has 1 N–H and O–H groups in total. The van der Waals surface area contributed by atoms with Crippen LogP contribution < -0.4 is 10.1 Å². The molecule has 0 bridgehead atoms. The summed E-state index contributed by atoms with van der Waals surface area (Å²) in [7, 11) is 0. The summed E-state index contributed by atoms with van der Waals surface area (Å²) in [6, 6.07) is 9.98. The van der Waals surface area contributed by atoms with Crippen molar-refractivity contribution in [3.05, 3.63) is 77.9 Å². The summed E-state index contributed by atoms with van der Waals surface area (Å²) < 4.78 is 32.2. The zero-order valence-corrected chi connectivity index (χ0v) is 15.2. The average molecular weight is 386 g/mol. The van der Waals surface area contributed by atoms with E-state index in [0.717, 1.165) is 23.8 Å². The molecule has 7 heteroatoms. The molecule has 5 nitrogen and oxygen atoms in total. The topological polar surface area (TPSA) is 58.6 Å². The molecule has 0 saturated carbocycles. The van der Waals surface area contributed by atoms with Crippen LogP contribution in [0.5, 0.6) is 5.75 Å². The third kappa shape index (κ3) is 4.94. The second-order valence-electron chi connectivity index (χ2n) is 6.50. The largest absolute Gasteiger partial charge is 0.488 e. The second-order valence-corrected chi connectivity index (χ2v) is 6.50. The number of halogens is 2. The number of nitrogens with one attached hydrogen (secondary N) is 1. The molecule has 2 amide bonds. The van der Waals surface area contributed by atoms with Crippen molar-refractivity contribution in [1.29, 1.82) is 0 Å². The Kier molecular flexibility index (Phi) is 6.03. The molecule has 1 aliphatic rings. The van der Waals surface area contributed by atoms with Gasteiger partial charge in [0.1, 0.15) is 23.5 Å². The van der Waals surface area contributed by atoms with Crippen LogP contribution >= 0.6 is 0 Å². The van der Waals surface area contributed by atoms with Gasteiger partial charge in [-0.1, -0.05) is 18.7 Å². The minimum absolute atomic E-state index is 0.114. The minimum Gasteiger partial charge on any atom is -0.488 e. The lowest BCUT2D eigenvalue weighted by atomic mass is 10.1. The van der Waals surface area contributed by atoms with E-state index in [1.807, 2.05) is 0 Å². The highest BCUT2D eigenvalue weighted by atomic mass is 19.1. The predicted molar refractivity (Wildman–Crippen MR) is 99.8 cm³/mol. The molecule has 1 atom stereocenters. The Hall–Kier alpha value is -3.22. The standard InChI is InChI=1S/C21H20F2N2O3/c1-2-20(26)24-12-14-3-5-15(6-4-14)21(27)25-8-7-18(13-25)28-19-10-16(22)9-17(23)11-19/h2-6,9-11,18H,1,7-8,12-13H2,(H,24,26). The van der Waals surface area contributed by atoms with Crippen LogP contribution in [0.25, 0.3) is 0 Å². The van der Waals surface area contributed by atoms with Gasteiger partial charge >= 0.3 is 0 Å². The number of carbonyl (C=O) groups is 2. The number of ether oxygens (including phenoxy) is 1. The molecule has 1 fully saturated rings. The molecule has 0 spiro atoms. The molecule has 146 valence electrons. The molecule has 1 heterocycles. The van der Waals surface area contributed by atoms with Gasteiger partial charge in [0.25, 0.3) is 5.91 Å². The van der Waals surface area contributed by atoms with Crippen LogP contribution in [0.1, 0.15) is 22.3 Å². The highest BCUT2D eigenvalue weighted by molar-refractivity contribution is 5.94. The van der Waals surface area contributed by atoms with Crippen molar-refractivity contribution >= 4 is 11.8 Å². The zero-order chi connectivity index (χ0) is 20.1. The van der Waals surface area contributed by atoms with Crippen molar-refractivity contribution in [2.75, 3.05) is 13.1 Å². The van der Waals surface area contributed by atoms with E-state index in [9.17, 15) is 18.4 Å². The van der Waals surface area contributed by atoms with Gasteiger partial charge in [-0.25, -0.2) is 8.78 Å². The normalized spacial score (nSPS) is 15.9. The van der Waals surface area contributed by atoms with Gasteiger partial charge in [0.15, 0.2) is 0 Å². The molecule has 0 aliphatic carbocycles. The lowest BCUT2D eigenvalue weighted by Crippen LogP contribution is -2.31. The summed E-state index contributed by atoms with van der Waals surface area (Å²) in [6.07, 6.45) is 1.45. The maximum absolute atomic E-state index is 13.3. The van der Waals surface area contributed by atoms with E-state index in [1.165, 1.54) is 6.08 Å². The number of rotatable bonds is 6. The van der Waals surface area contributed by atoms with E-state index in [4.69, 9.17) is 4.74 Å². The molecule has 2 aromatic carbocycles. The zero-order valence-electron chi connectivity index (χ0n) is 15.2. The van der Waals surface area contributed by atoms with Gasteiger partial charge in [-0.3, -0.25) is 9.59 Å². The lowest BCUT2D eigenvalue weighted by molar-refractivity contribution is -0.116. The summed E-state index contributed by atoms with van der Waals surface area (Å²) in [4.78, 5) is 25.5. The van der Waals surface area contributed by atoms with Gasteiger partial charge in [-0.15, -0.1) is 0 Å². The fourth-order valence-electron chi connectivity index (χ4n) is 3.01. The van der Waals surface area contributed by atoms with Crippen LogP contribution in [0.3, 0.4) is 0 Å². The van der Waals surface area contributed by atoms with Gasteiger partial charge in [-0.2, -0.15) is 0 Å². The van der Waals surface area contributed by atoms with Crippen LogP contribution in [0.2, 0.25) is 0 Å². The van der Waals surface area contributed by atoms with Crippen molar-refractivity contribution in [1.82, 2.24) is 10.2 Å². The van der Waals surface area contributed by atoms with E-state index in [0.29, 0.717) is 31.6 Å². The van der Waals surface area contributed by atoms with Crippen molar-refractivity contribution < 1.29 is 23.1 Å². The Morgan fingerprint density at radius 2 is 1.86 bits per heavy atom. The first-order chi connectivity index (χ1) is 13.4. The summed E-state index contributed by atoms with van der Waals surface area (Å²) >= 11 is 0. The van der Waals surface area contributed by atoms with E-state index in [1.54, 1.807) is 29.2 Å². The first kappa shape index (κ1) is 19.5. The number of hydrogen-bond acceptors (Lipinski definition) is 3. The van der Waals surface area contributed by atoms with Crippen molar-refractivity contribution in [2.45, 2.75) is 19.1 Å². The number of hydrogen-bond donors (Lipinski definition) is 1. The second kappa shape index (κ2) is 8.65. The molecule has 1 saturated heterocycles. The molecular weight excluding hydrogens is 366 g/mol. The molecule has 0 aromatic heterocycles. The van der Waals surface area contributed by atoms with Crippen LogP contribution in [-0.4, -0.2) is 35.9 Å². The minimum atomic E-state index is -0.703. The summed E-state index contributed by atoms with van der Waals surface area (Å²) in [5.74, 6) is -1.70. The number of nitrogens with zero attached hydrogens (tertiary/aromatic N) is 1. The molecule has 1 aliphatic heterocycles. The third-order valence-electron chi connectivity index (χ3n) is 4.42. The number of amides is 2. The molecule has 28 heavy (non-hydrogen) atoms. The lowest BCUT2D eigenvalue weighted by Gasteiger charge is -2.17. The number of likely N-dealkylation sites (tertiary alicyclic amines) is 1. The Bertz CT molecular complexity index is 863. The average Bonchev–Trinajstić information content (AvgIpc) is 3.13. The molecular formula is C21H20F2N2O3. The van der Waals surface area contributed by atoms with Crippen molar-refractivity contribution in [2.24, 2.45) is 0 Å². The Morgan fingerprint density at radius 1 is 1.18 bits per heavy atom. The maximum atomic E-state index is 13.3. The quantitative estimate of drug-likeness (QED) is 0.777. The maximum Gasteiger partial charge on any atom is 0.253 e. The van der Waals surface area contributed by atoms with Gasteiger partial charge in [0.2, 0.25) is 5.91 Å². The fourth-order valence-corrected chi connectivity index (χ4v) is 3.01. The molecule has 0 radical (unpaired) electrons. The Balaban J connectivity index is 1.56. The van der Waals surface area contributed by atoms with Gasteiger partial charge in [0, 0.05) is 43.3 Å². The van der Waals surface area contributed by atoms with Crippen molar-refractivity contribution in [3.8, 4) is 5.75 Å². The van der Waals surface area contributed by atoms with Gasteiger partial charge in [0.05, 0.1) is 6.54 Å². The third-order valence-corrected chi connectivity index (χ3v) is 4.42. The van der Waals surface area contributed by atoms with E-state index >= 15 is 0 Å². The van der Waals surface area contributed by atoms with Crippen molar-refractivity contribution in [3.63, 3.8) is 0 Å². The molecule has 2 aromatic rings. The predicted octanol–water partition coefficient (Wildman–Crippen LogP) is 3.06. The fraction of sp³-hybridized carbons (Fsp3) is 0.238. The Morgan fingerprint density at radius 3 is 2.50 bits per heavy atom. The highest BCUT2D eigenvalue weighted by Crippen LogP contribution is 2.22. The summed E-state index contributed by atoms with van der Waals surface area (Å²) in [6.45, 7) is 4.58. The number of benzene rings is 2. The smallest absolute Gasteiger partial charge is 0.253 e. The summed E-state index contributed by atoms with van der Waals surface area (Å²) in [5.41, 5.74) is 1.39. The van der Waals surface area contributed by atoms with Crippen LogP contribution in [0.15, 0.2) is 55.1 Å². The van der Waals surface area contributed by atoms with Gasteiger partial charge < -0.3 is 15.0 Å². The van der Waals surface area contributed by atoms with Crippen LogP contribution in [0, 0.1) is 11.6 Å². The molecule has 3 rings (SSSR count). The Labute approximate surface area is 161 Å². The SMILES string of the molecule is C=CC(=O)NCc1ccc(C(=O)N2CCC(Oc3cc(F)cc(F)c3)C2)cc1. The van der Waals surface area contributed by atoms with Crippen LogP contribution in [0.4, 0.5) is 8.78 Å². The first-order valence-corrected chi connectivity index (χ1v) is 8.86. The first-order valence-electron chi connectivity index (χ1n) is 8.86. The van der Waals surface area contributed by atoms with E-state index < -0.39 is 11.6 Å². The van der Waals surface area contributed by atoms with E-state index in [-0.39, 0.29) is 23.7 Å². The molecule has 1 unspecified atom stereocenters. The van der Waals surface area contributed by atoms with E-state index in [2.05, 4.69) is 11.9 Å². The highest BCUT2D eigenvalue weighted by Gasteiger charge is 2.28. The summed E-state index contributed by atoms with van der Waals surface area (Å²) in [5, 5.41) is 2.67. The number of carbonyl (C=O) groups excluding carboxylic acids is 2.